The Morgan fingerprint density at radius 2 is 1.10 bits per heavy atom. The Morgan fingerprint density at radius 3 is 1.46 bits per heavy atom. The molecule has 0 saturated carbocycles. The zero-order valence-corrected chi connectivity index (χ0v) is 23.8. The van der Waals surface area contributed by atoms with Gasteiger partial charge in [-0.3, -0.25) is 10.9 Å². The van der Waals surface area contributed by atoms with Crippen LogP contribution in [-0.2, 0) is 19.7 Å². The average molecular weight is 570 g/mol. The van der Waals surface area contributed by atoms with Crippen LogP contribution in [0.25, 0.3) is 0 Å². The quantitative estimate of drug-likeness (QED) is 0.292. The van der Waals surface area contributed by atoms with Crippen LogP contribution < -0.4 is 15.8 Å². The van der Waals surface area contributed by atoms with Gasteiger partial charge in [0.25, 0.3) is 0 Å². The van der Waals surface area contributed by atoms with Gasteiger partial charge in [0.1, 0.15) is 0 Å². The summed E-state index contributed by atoms with van der Waals surface area (Å²) in [6, 6.07) is 14.7. The normalized spacial score (nSPS) is 14.9. The van der Waals surface area contributed by atoms with Crippen molar-refractivity contribution in [2.45, 2.75) is 36.5 Å². The molecule has 0 atom stereocenters. The Morgan fingerprint density at radius 1 is 0.718 bits per heavy atom. The van der Waals surface area contributed by atoms with Gasteiger partial charge in [-0.1, -0.05) is 24.3 Å². The van der Waals surface area contributed by atoms with Crippen molar-refractivity contribution in [2.24, 2.45) is 10.2 Å². The summed E-state index contributed by atoms with van der Waals surface area (Å²) in [6.07, 6.45) is 4.46. The van der Waals surface area contributed by atoms with Crippen LogP contribution in [-0.4, -0.2) is 63.8 Å². The Kier molecular flexibility index (Phi) is 8.31. The van der Waals surface area contributed by atoms with Crippen LogP contribution in [0.1, 0.15) is 37.8 Å². The van der Waals surface area contributed by atoms with E-state index < -0.39 is 19.7 Å². The number of hydrogen-bond acceptors (Lipinski definition) is 11. The van der Waals surface area contributed by atoms with Crippen LogP contribution >= 0.6 is 0 Å². The number of anilines is 3. The minimum Gasteiger partial charge on any atom is -0.341 e. The number of rotatable bonds is 9. The number of benzene rings is 2. The Hall–Kier alpha value is -3.84. The molecular formula is C26H31N7O4S2. The first-order valence-electron chi connectivity index (χ1n) is 12.3. The molecule has 2 N–H and O–H groups in total. The molecule has 4 rings (SSSR count). The van der Waals surface area contributed by atoms with E-state index in [1.54, 1.807) is 54.6 Å². The SMILES string of the molecule is CC(=NNc1cc(NN=C(C)c2ccc(S(C)(=O)=O)cc2)nc(N2CCCC2)n1)c1ccc(S(C)(=O)=O)cc1. The highest BCUT2D eigenvalue weighted by molar-refractivity contribution is 7.91. The van der Waals surface area contributed by atoms with Crippen molar-refractivity contribution in [1.82, 2.24) is 9.97 Å². The van der Waals surface area contributed by atoms with Gasteiger partial charge in [-0.05, 0) is 62.1 Å². The van der Waals surface area contributed by atoms with E-state index in [-0.39, 0.29) is 9.79 Å². The van der Waals surface area contributed by atoms with E-state index in [0.29, 0.717) is 29.0 Å². The smallest absolute Gasteiger partial charge is 0.229 e. The summed E-state index contributed by atoms with van der Waals surface area (Å²) in [7, 11) is -6.55. The second-order valence-corrected chi connectivity index (χ2v) is 13.4. The predicted octanol–water partition coefficient (Wildman–Crippen LogP) is 3.56. The fourth-order valence-corrected chi connectivity index (χ4v) is 5.17. The number of nitrogens with zero attached hydrogens (tertiary/aromatic N) is 5. The van der Waals surface area contributed by atoms with Gasteiger partial charge >= 0.3 is 0 Å². The molecule has 2 aromatic carbocycles. The van der Waals surface area contributed by atoms with Crippen molar-refractivity contribution in [2.75, 3.05) is 41.4 Å². The molecule has 11 nitrogen and oxygen atoms in total. The first kappa shape index (κ1) is 28.2. The van der Waals surface area contributed by atoms with Gasteiger partial charge in [-0.15, -0.1) is 0 Å². The molecule has 0 spiro atoms. The summed E-state index contributed by atoms with van der Waals surface area (Å²) >= 11 is 0. The molecule has 1 saturated heterocycles. The van der Waals surface area contributed by atoms with Crippen LogP contribution in [0, 0.1) is 0 Å². The van der Waals surface area contributed by atoms with Gasteiger partial charge in [0.05, 0.1) is 21.2 Å². The first-order valence-corrected chi connectivity index (χ1v) is 16.0. The number of sulfone groups is 2. The van der Waals surface area contributed by atoms with E-state index in [4.69, 9.17) is 0 Å². The molecule has 39 heavy (non-hydrogen) atoms. The highest BCUT2D eigenvalue weighted by Crippen LogP contribution is 2.22. The largest absolute Gasteiger partial charge is 0.341 e. The van der Waals surface area contributed by atoms with Gasteiger partial charge in [-0.25, -0.2) is 16.8 Å². The second kappa shape index (κ2) is 11.5. The van der Waals surface area contributed by atoms with Gasteiger partial charge in [0, 0.05) is 31.7 Å². The molecule has 2 heterocycles. The van der Waals surface area contributed by atoms with E-state index in [1.165, 1.54) is 12.5 Å². The molecule has 13 heteroatoms. The molecule has 1 aromatic heterocycles. The number of hydrazone groups is 2. The van der Waals surface area contributed by atoms with E-state index in [0.717, 1.165) is 37.1 Å². The van der Waals surface area contributed by atoms with Crippen LogP contribution in [0.5, 0.6) is 0 Å². The van der Waals surface area contributed by atoms with Crippen molar-refractivity contribution < 1.29 is 16.8 Å². The van der Waals surface area contributed by atoms with Gasteiger partial charge in [0.2, 0.25) is 5.95 Å². The lowest BCUT2D eigenvalue weighted by molar-refractivity contribution is 0.600. The lowest BCUT2D eigenvalue weighted by atomic mass is 10.1. The summed E-state index contributed by atoms with van der Waals surface area (Å²) in [6.45, 7) is 5.33. The highest BCUT2D eigenvalue weighted by atomic mass is 32.2. The van der Waals surface area contributed by atoms with E-state index >= 15 is 0 Å². The Balaban J connectivity index is 1.55. The molecule has 206 valence electrons. The molecule has 0 amide bonds. The maximum Gasteiger partial charge on any atom is 0.229 e. The summed E-state index contributed by atoms with van der Waals surface area (Å²) in [5.74, 6) is 1.48. The molecule has 0 radical (unpaired) electrons. The van der Waals surface area contributed by atoms with E-state index in [9.17, 15) is 16.8 Å². The van der Waals surface area contributed by atoms with Crippen molar-refractivity contribution in [1.29, 1.82) is 0 Å². The number of aromatic nitrogens is 2. The summed E-state index contributed by atoms with van der Waals surface area (Å²) in [4.78, 5) is 11.8. The molecule has 0 bridgehead atoms. The average Bonchev–Trinajstić information content (AvgIpc) is 3.45. The minimum absolute atomic E-state index is 0.246. The molecule has 3 aromatic rings. The second-order valence-electron chi connectivity index (χ2n) is 9.34. The number of hydrogen-bond donors (Lipinski definition) is 2. The fourth-order valence-electron chi connectivity index (χ4n) is 3.91. The Labute approximate surface area is 228 Å². The topological polar surface area (TPSA) is 146 Å². The first-order chi connectivity index (χ1) is 18.4. The van der Waals surface area contributed by atoms with E-state index in [2.05, 4.69) is 35.9 Å². The molecule has 0 aliphatic carbocycles. The van der Waals surface area contributed by atoms with E-state index in [1.807, 2.05) is 13.8 Å². The molecular weight excluding hydrogens is 538 g/mol. The molecule has 0 unspecified atom stereocenters. The lowest BCUT2D eigenvalue weighted by Crippen LogP contribution is -2.21. The zero-order valence-electron chi connectivity index (χ0n) is 22.2. The van der Waals surface area contributed by atoms with Crippen LogP contribution in [0.15, 0.2) is 74.6 Å². The standard InChI is InChI=1S/C26H31N7O4S2/c1-18(20-7-11-22(12-8-20)38(3,34)35)29-31-24-17-25(28-26(27-24)33-15-5-6-16-33)32-30-19(2)21-9-13-23(14-10-21)39(4,36)37/h7-14,17H,5-6,15-16H2,1-4H3,(H2,27,28,31,32). The highest BCUT2D eigenvalue weighted by Gasteiger charge is 2.17. The number of nitrogens with one attached hydrogen (secondary N) is 2. The van der Waals surface area contributed by atoms with Gasteiger partial charge < -0.3 is 4.90 Å². The van der Waals surface area contributed by atoms with Crippen molar-refractivity contribution in [3.05, 3.63) is 65.7 Å². The van der Waals surface area contributed by atoms with Crippen LogP contribution in [0.2, 0.25) is 0 Å². The maximum atomic E-state index is 11.7. The summed E-state index contributed by atoms with van der Waals surface area (Å²) in [5, 5.41) is 8.86. The van der Waals surface area contributed by atoms with Gasteiger partial charge in [-0.2, -0.15) is 20.2 Å². The summed E-state index contributed by atoms with van der Waals surface area (Å²) in [5.41, 5.74) is 8.79. The minimum atomic E-state index is -3.27. The van der Waals surface area contributed by atoms with Crippen LogP contribution in [0.4, 0.5) is 17.6 Å². The predicted molar refractivity (Wildman–Crippen MR) is 154 cm³/mol. The van der Waals surface area contributed by atoms with Crippen molar-refractivity contribution in [3.63, 3.8) is 0 Å². The third kappa shape index (κ3) is 7.39. The third-order valence-corrected chi connectivity index (χ3v) is 8.44. The zero-order chi connectivity index (χ0) is 28.2. The fraction of sp³-hybridized carbons (Fsp3) is 0.308. The van der Waals surface area contributed by atoms with Crippen molar-refractivity contribution in [3.8, 4) is 0 Å². The molecule has 1 aliphatic heterocycles. The maximum absolute atomic E-state index is 11.7. The third-order valence-electron chi connectivity index (χ3n) is 6.18. The monoisotopic (exact) mass is 569 g/mol. The van der Waals surface area contributed by atoms with Gasteiger partial charge in [0.15, 0.2) is 31.3 Å². The Bertz CT molecular complexity index is 1500. The molecule has 1 aliphatic rings. The van der Waals surface area contributed by atoms with Crippen LogP contribution in [0.3, 0.4) is 0 Å². The molecule has 1 fully saturated rings. The lowest BCUT2D eigenvalue weighted by Gasteiger charge is -2.17. The van der Waals surface area contributed by atoms with Crippen molar-refractivity contribution >= 4 is 48.7 Å². The summed E-state index contributed by atoms with van der Waals surface area (Å²) < 4.78 is 46.9.